The molecule has 2 nitrogen and oxygen atoms in total. The van der Waals surface area contributed by atoms with Gasteiger partial charge in [0.2, 0.25) is 5.91 Å². The van der Waals surface area contributed by atoms with Crippen molar-refractivity contribution in [2.45, 2.75) is 20.8 Å². The normalized spacial score (nSPS) is 8.73. The first-order valence-corrected chi connectivity index (χ1v) is 3.81. The molecule has 0 aliphatic heterocycles. The van der Waals surface area contributed by atoms with Gasteiger partial charge in [0.1, 0.15) is 0 Å². The Balaban J connectivity index is 3.55. The maximum Gasteiger partial charge on any atom is 0.222 e. The number of hydrogen-bond donors (Lipinski definition) is 1. The van der Waals surface area contributed by atoms with Gasteiger partial charge in [-0.05, 0) is 19.1 Å². The zero-order valence-corrected chi connectivity index (χ0v) is 7.35. The summed E-state index contributed by atoms with van der Waals surface area (Å²) in [6.45, 7) is 6.20. The van der Waals surface area contributed by atoms with Crippen LogP contribution in [0.15, 0.2) is 17.9 Å². The lowest BCUT2D eigenvalue weighted by Crippen LogP contribution is -2.27. The van der Waals surface area contributed by atoms with Gasteiger partial charge in [-0.1, -0.05) is 13.8 Å². The summed E-state index contributed by atoms with van der Waals surface area (Å²) in [6, 6.07) is 0. The molecule has 0 fully saturated rings. The lowest BCUT2D eigenvalue weighted by Gasteiger charge is -2.02. The van der Waals surface area contributed by atoms with Crippen LogP contribution in [0.25, 0.3) is 0 Å². The van der Waals surface area contributed by atoms with Crippen LogP contribution >= 0.6 is 0 Å². The molecule has 0 saturated heterocycles. The summed E-state index contributed by atoms with van der Waals surface area (Å²) in [5.74, 6) is 0.146. The van der Waals surface area contributed by atoms with Crippen LogP contribution in [0.1, 0.15) is 20.8 Å². The minimum atomic E-state index is 0.0639. The Morgan fingerprint density at radius 2 is 2.27 bits per heavy atom. The van der Waals surface area contributed by atoms with E-state index in [1.807, 2.05) is 26.8 Å². The van der Waals surface area contributed by atoms with E-state index in [9.17, 15) is 4.79 Å². The third-order valence-corrected chi connectivity index (χ3v) is 1.19. The van der Waals surface area contributed by atoms with E-state index in [0.717, 1.165) is 0 Å². The van der Waals surface area contributed by atoms with Gasteiger partial charge in [0.25, 0.3) is 0 Å². The summed E-state index contributed by atoms with van der Waals surface area (Å²) >= 11 is 0. The highest BCUT2D eigenvalue weighted by Crippen LogP contribution is 1.89. The van der Waals surface area contributed by atoms with E-state index in [1.165, 1.54) is 0 Å². The quantitative estimate of drug-likeness (QED) is 0.611. The molecule has 0 spiro atoms. The van der Waals surface area contributed by atoms with Crippen molar-refractivity contribution in [1.29, 1.82) is 0 Å². The topological polar surface area (TPSA) is 29.1 Å². The van der Waals surface area contributed by atoms with Crippen LogP contribution in [-0.2, 0) is 4.79 Å². The van der Waals surface area contributed by atoms with E-state index in [1.54, 1.807) is 6.08 Å². The molecule has 0 aromatic rings. The molecule has 0 atom stereocenters. The molecule has 0 aliphatic carbocycles. The van der Waals surface area contributed by atoms with Crippen LogP contribution in [0, 0.1) is 5.92 Å². The number of carbonyl (C=O) groups excluding carboxylic acids is 1. The molecule has 1 amide bonds. The van der Waals surface area contributed by atoms with Gasteiger partial charge in [-0.25, -0.2) is 0 Å². The average molecular weight is 153 g/mol. The minimum Gasteiger partial charge on any atom is -0.352 e. The molecule has 1 N–H and O–H groups in total. The van der Waals surface area contributed by atoms with Crippen molar-refractivity contribution in [2.75, 3.05) is 6.54 Å². The second-order valence-electron chi connectivity index (χ2n) is 2.56. The van der Waals surface area contributed by atoms with Crippen LogP contribution in [-0.4, -0.2) is 12.5 Å². The summed E-state index contributed by atoms with van der Waals surface area (Å²) in [5, 5.41) is 2.74. The largest absolute Gasteiger partial charge is 0.352 e. The number of nitrogens with one attached hydrogen (secondary N) is 1. The zero-order chi connectivity index (χ0) is 8.69. The molecule has 0 aliphatic rings. The molecule has 0 aromatic heterocycles. The molecule has 11 heavy (non-hydrogen) atoms. The lowest BCUT2D eigenvalue weighted by molar-refractivity contribution is -0.123. The van der Waals surface area contributed by atoms with Crippen molar-refractivity contribution in [2.24, 2.45) is 5.92 Å². The van der Waals surface area contributed by atoms with Crippen molar-refractivity contribution in [1.82, 2.24) is 5.32 Å². The Kier molecular flexibility index (Phi) is 5.22. The van der Waals surface area contributed by atoms with Gasteiger partial charge < -0.3 is 5.32 Å². The van der Waals surface area contributed by atoms with Crippen LogP contribution in [0.5, 0.6) is 0 Å². The van der Waals surface area contributed by atoms with E-state index < -0.39 is 0 Å². The first kappa shape index (κ1) is 9.99. The van der Waals surface area contributed by atoms with Crippen LogP contribution in [0.3, 0.4) is 0 Å². The fourth-order valence-electron chi connectivity index (χ4n) is 0.533. The molecular formula is C9H15NO. The average Bonchev–Trinajstić information content (AvgIpc) is 1.97. The van der Waals surface area contributed by atoms with Crippen molar-refractivity contribution in [3.8, 4) is 0 Å². The monoisotopic (exact) mass is 153 g/mol. The summed E-state index contributed by atoms with van der Waals surface area (Å²) < 4.78 is 0. The second kappa shape index (κ2) is 5.75. The van der Waals surface area contributed by atoms with Crippen LogP contribution in [0.4, 0.5) is 0 Å². The number of amides is 1. The van der Waals surface area contributed by atoms with Crippen molar-refractivity contribution < 1.29 is 4.79 Å². The molecule has 2 heteroatoms. The highest BCUT2D eigenvalue weighted by Gasteiger charge is 2.02. The highest BCUT2D eigenvalue weighted by atomic mass is 16.1. The molecule has 0 unspecified atom stereocenters. The molecule has 0 bridgehead atoms. The van der Waals surface area contributed by atoms with Gasteiger partial charge in [0.05, 0.1) is 0 Å². The van der Waals surface area contributed by atoms with Crippen LogP contribution in [0.2, 0.25) is 0 Å². The van der Waals surface area contributed by atoms with Crippen LogP contribution < -0.4 is 5.32 Å². The Bertz CT molecular complexity index is 176. The molecule has 0 heterocycles. The molecule has 0 saturated carbocycles. The van der Waals surface area contributed by atoms with Gasteiger partial charge >= 0.3 is 0 Å². The molecule has 0 aromatic carbocycles. The summed E-state index contributed by atoms with van der Waals surface area (Å²) in [7, 11) is 0. The first-order chi connectivity index (χ1) is 5.18. The van der Waals surface area contributed by atoms with E-state index in [4.69, 9.17) is 0 Å². The maximum atomic E-state index is 10.9. The Labute approximate surface area is 68.0 Å². The predicted octanol–water partition coefficient (Wildman–Crippen LogP) is 1.49. The number of hydrogen-bond acceptors (Lipinski definition) is 1. The summed E-state index contributed by atoms with van der Waals surface area (Å²) in [6.07, 6.45) is 3.60. The fraction of sp³-hybridized carbons (Fsp3) is 0.556. The Hall–Kier alpha value is -1.01. The van der Waals surface area contributed by atoms with E-state index in [-0.39, 0.29) is 11.8 Å². The standard InChI is InChI=1S/C9H15NO/c1-4-5-6-7-10-9(11)8(2)3/h4,6,8H,7H2,1-3H3,(H,10,11). The second-order valence-corrected chi connectivity index (χ2v) is 2.56. The predicted molar refractivity (Wildman–Crippen MR) is 46.2 cm³/mol. The fourth-order valence-corrected chi connectivity index (χ4v) is 0.533. The summed E-state index contributed by atoms with van der Waals surface area (Å²) in [5.41, 5.74) is 2.88. The lowest BCUT2D eigenvalue weighted by atomic mass is 10.2. The first-order valence-electron chi connectivity index (χ1n) is 3.81. The van der Waals surface area contributed by atoms with E-state index in [2.05, 4.69) is 11.0 Å². The molecule has 0 radical (unpaired) electrons. The molecule has 62 valence electrons. The third kappa shape index (κ3) is 5.43. The van der Waals surface area contributed by atoms with Gasteiger partial charge in [-0.3, -0.25) is 4.79 Å². The Morgan fingerprint density at radius 1 is 1.64 bits per heavy atom. The summed E-state index contributed by atoms with van der Waals surface area (Å²) in [4.78, 5) is 10.9. The minimum absolute atomic E-state index is 0.0639. The number of rotatable bonds is 3. The number of carbonyl (C=O) groups is 1. The smallest absolute Gasteiger partial charge is 0.222 e. The van der Waals surface area contributed by atoms with Crippen molar-refractivity contribution in [3.05, 3.63) is 17.9 Å². The third-order valence-electron chi connectivity index (χ3n) is 1.19. The van der Waals surface area contributed by atoms with Gasteiger partial charge in [0, 0.05) is 12.5 Å². The van der Waals surface area contributed by atoms with Gasteiger partial charge in [0.15, 0.2) is 0 Å². The van der Waals surface area contributed by atoms with Gasteiger partial charge in [-0.2, -0.15) is 0 Å². The maximum absolute atomic E-state index is 10.9. The van der Waals surface area contributed by atoms with E-state index >= 15 is 0 Å². The molecule has 0 rings (SSSR count). The Morgan fingerprint density at radius 3 is 2.73 bits per heavy atom. The zero-order valence-electron chi connectivity index (χ0n) is 7.35. The highest BCUT2D eigenvalue weighted by molar-refractivity contribution is 5.77. The van der Waals surface area contributed by atoms with Gasteiger partial charge in [-0.15, -0.1) is 5.73 Å². The van der Waals surface area contributed by atoms with Crippen molar-refractivity contribution in [3.63, 3.8) is 0 Å². The SMILES string of the molecule is CC=C=CCNC(=O)C(C)C. The van der Waals surface area contributed by atoms with E-state index in [0.29, 0.717) is 6.54 Å². The molecular weight excluding hydrogens is 138 g/mol. The van der Waals surface area contributed by atoms with Crippen molar-refractivity contribution >= 4 is 5.91 Å².